The van der Waals surface area contributed by atoms with Crippen molar-refractivity contribution in [2.45, 2.75) is 20.4 Å². The molecule has 1 amide bonds. The second kappa shape index (κ2) is 9.08. The molecular formula is C20H26N2O3. The van der Waals surface area contributed by atoms with Crippen molar-refractivity contribution in [3.05, 3.63) is 53.6 Å². The topological polar surface area (TPSA) is 50.8 Å². The molecule has 0 saturated heterocycles. The number of anilines is 1. The van der Waals surface area contributed by atoms with Crippen molar-refractivity contribution < 1.29 is 14.3 Å². The van der Waals surface area contributed by atoms with Gasteiger partial charge in [0.25, 0.3) is 0 Å². The first-order chi connectivity index (χ1) is 12.1. The van der Waals surface area contributed by atoms with E-state index in [9.17, 15) is 4.79 Å². The van der Waals surface area contributed by atoms with Gasteiger partial charge in [0.05, 0.1) is 20.8 Å². The van der Waals surface area contributed by atoms with E-state index >= 15 is 0 Å². The van der Waals surface area contributed by atoms with Crippen molar-refractivity contribution >= 4 is 11.6 Å². The molecule has 0 heterocycles. The van der Waals surface area contributed by atoms with E-state index in [4.69, 9.17) is 9.47 Å². The second-order valence-electron chi connectivity index (χ2n) is 5.86. The van der Waals surface area contributed by atoms with Gasteiger partial charge in [-0.1, -0.05) is 31.2 Å². The maximum atomic E-state index is 12.4. The lowest BCUT2D eigenvalue weighted by Gasteiger charge is -2.21. The molecule has 0 aliphatic heterocycles. The predicted octanol–water partition coefficient (Wildman–Crippen LogP) is 3.47. The van der Waals surface area contributed by atoms with Gasteiger partial charge in [-0.3, -0.25) is 9.69 Å². The van der Waals surface area contributed by atoms with E-state index < -0.39 is 0 Å². The third kappa shape index (κ3) is 5.22. The van der Waals surface area contributed by atoms with E-state index in [2.05, 4.69) is 10.2 Å². The van der Waals surface area contributed by atoms with Gasteiger partial charge < -0.3 is 14.8 Å². The predicted molar refractivity (Wildman–Crippen MR) is 100 cm³/mol. The van der Waals surface area contributed by atoms with Gasteiger partial charge in [0.2, 0.25) is 5.91 Å². The van der Waals surface area contributed by atoms with Crippen LogP contribution in [0.5, 0.6) is 11.5 Å². The molecule has 0 bridgehead atoms. The zero-order chi connectivity index (χ0) is 18.2. The molecule has 0 atom stereocenters. The van der Waals surface area contributed by atoms with Crippen molar-refractivity contribution in [3.8, 4) is 11.5 Å². The monoisotopic (exact) mass is 342 g/mol. The Labute approximate surface area is 149 Å². The molecule has 0 saturated carbocycles. The number of carbonyl (C=O) groups is 1. The van der Waals surface area contributed by atoms with Crippen LogP contribution in [0.2, 0.25) is 0 Å². The molecule has 0 aromatic heterocycles. The zero-order valence-electron chi connectivity index (χ0n) is 15.3. The van der Waals surface area contributed by atoms with Crippen LogP contribution in [0.1, 0.15) is 18.1 Å². The molecule has 2 rings (SSSR count). The van der Waals surface area contributed by atoms with Gasteiger partial charge in [-0.05, 0) is 42.8 Å². The maximum Gasteiger partial charge on any atom is 0.238 e. The SMILES string of the molecule is CCN(CC(=O)Nc1ccccc1C)Cc1ccc(OC)c(OC)c1. The van der Waals surface area contributed by atoms with E-state index in [1.165, 1.54) is 0 Å². The molecule has 5 nitrogen and oxygen atoms in total. The van der Waals surface area contributed by atoms with Crippen LogP contribution in [0.25, 0.3) is 0 Å². The highest BCUT2D eigenvalue weighted by atomic mass is 16.5. The van der Waals surface area contributed by atoms with Gasteiger partial charge in [-0.15, -0.1) is 0 Å². The van der Waals surface area contributed by atoms with Crippen LogP contribution in [0.4, 0.5) is 5.69 Å². The average molecular weight is 342 g/mol. The van der Waals surface area contributed by atoms with E-state index in [1.807, 2.05) is 56.3 Å². The highest BCUT2D eigenvalue weighted by molar-refractivity contribution is 5.92. The average Bonchev–Trinajstić information content (AvgIpc) is 2.62. The van der Waals surface area contributed by atoms with Gasteiger partial charge in [-0.25, -0.2) is 0 Å². The number of aryl methyl sites for hydroxylation is 1. The Kier molecular flexibility index (Phi) is 6.83. The molecule has 0 aliphatic rings. The minimum absolute atomic E-state index is 0.0170. The Bertz CT molecular complexity index is 716. The maximum absolute atomic E-state index is 12.4. The molecule has 0 aliphatic carbocycles. The smallest absolute Gasteiger partial charge is 0.238 e. The third-order valence-corrected chi connectivity index (χ3v) is 4.09. The molecule has 0 fully saturated rings. The number of amides is 1. The highest BCUT2D eigenvalue weighted by Gasteiger charge is 2.12. The number of nitrogens with one attached hydrogen (secondary N) is 1. The summed E-state index contributed by atoms with van der Waals surface area (Å²) in [6.07, 6.45) is 0. The minimum Gasteiger partial charge on any atom is -0.493 e. The largest absolute Gasteiger partial charge is 0.493 e. The van der Waals surface area contributed by atoms with Crippen molar-refractivity contribution in [3.63, 3.8) is 0 Å². The Morgan fingerprint density at radius 2 is 1.80 bits per heavy atom. The van der Waals surface area contributed by atoms with Gasteiger partial charge in [0.1, 0.15) is 0 Å². The number of likely N-dealkylation sites (N-methyl/N-ethyl adjacent to an activating group) is 1. The highest BCUT2D eigenvalue weighted by Crippen LogP contribution is 2.28. The number of hydrogen-bond acceptors (Lipinski definition) is 4. The van der Waals surface area contributed by atoms with Gasteiger partial charge in [0, 0.05) is 12.2 Å². The number of rotatable bonds is 8. The Hall–Kier alpha value is -2.53. The summed E-state index contributed by atoms with van der Waals surface area (Å²) in [4.78, 5) is 14.4. The number of carbonyl (C=O) groups excluding carboxylic acids is 1. The van der Waals surface area contributed by atoms with Gasteiger partial charge in [-0.2, -0.15) is 0 Å². The molecule has 2 aromatic carbocycles. The number of benzene rings is 2. The summed E-state index contributed by atoms with van der Waals surface area (Å²) in [5.41, 5.74) is 2.98. The lowest BCUT2D eigenvalue weighted by Crippen LogP contribution is -2.32. The van der Waals surface area contributed by atoms with Crippen LogP contribution in [0.15, 0.2) is 42.5 Å². The van der Waals surface area contributed by atoms with Crippen LogP contribution in [-0.4, -0.2) is 38.1 Å². The molecule has 5 heteroatoms. The Morgan fingerprint density at radius 3 is 2.44 bits per heavy atom. The van der Waals surface area contributed by atoms with E-state index in [1.54, 1.807) is 14.2 Å². The first-order valence-corrected chi connectivity index (χ1v) is 8.36. The van der Waals surface area contributed by atoms with Crippen molar-refractivity contribution in [2.75, 3.05) is 32.6 Å². The molecule has 0 unspecified atom stereocenters. The zero-order valence-corrected chi connectivity index (χ0v) is 15.3. The number of ether oxygens (including phenoxy) is 2. The van der Waals surface area contributed by atoms with Crippen molar-refractivity contribution in [1.29, 1.82) is 0 Å². The van der Waals surface area contributed by atoms with Crippen LogP contribution >= 0.6 is 0 Å². The molecule has 25 heavy (non-hydrogen) atoms. The lowest BCUT2D eigenvalue weighted by molar-refractivity contribution is -0.117. The fraction of sp³-hybridized carbons (Fsp3) is 0.350. The first-order valence-electron chi connectivity index (χ1n) is 8.36. The summed E-state index contributed by atoms with van der Waals surface area (Å²) < 4.78 is 10.6. The van der Waals surface area contributed by atoms with Gasteiger partial charge >= 0.3 is 0 Å². The summed E-state index contributed by atoms with van der Waals surface area (Å²) in [7, 11) is 3.24. The fourth-order valence-corrected chi connectivity index (χ4v) is 2.62. The molecule has 0 radical (unpaired) electrons. The van der Waals surface area contributed by atoms with Crippen LogP contribution in [0, 0.1) is 6.92 Å². The summed E-state index contributed by atoms with van der Waals surface area (Å²) in [5.74, 6) is 1.38. The molecule has 0 spiro atoms. The molecule has 2 aromatic rings. The summed E-state index contributed by atoms with van der Waals surface area (Å²) in [5, 5.41) is 2.98. The van der Waals surface area contributed by atoms with E-state index in [0.717, 1.165) is 23.4 Å². The van der Waals surface area contributed by atoms with Crippen LogP contribution < -0.4 is 14.8 Å². The summed E-state index contributed by atoms with van der Waals surface area (Å²) in [6, 6.07) is 13.6. The number of para-hydroxylation sites is 1. The first kappa shape index (κ1) is 18.8. The molecular weight excluding hydrogens is 316 g/mol. The lowest BCUT2D eigenvalue weighted by atomic mass is 10.2. The summed E-state index contributed by atoms with van der Waals surface area (Å²) in [6.45, 7) is 5.80. The fourth-order valence-electron chi connectivity index (χ4n) is 2.62. The number of nitrogens with zero attached hydrogens (tertiary/aromatic N) is 1. The van der Waals surface area contributed by atoms with Crippen molar-refractivity contribution in [2.24, 2.45) is 0 Å². The van der Waals surface area contributed by atoms with E-state index in [0.29, 0.717) is 24.6 Å². The Balaban J connectivity index is 2.00. The quantitative estimate of drug-likeness (QED) is 0.798. The normalized spacial score (nSPS) is 10.6. The van der Waals surface area contributed by atoms with Crippen LogP contribution in [-0.2, 0) is 11.3 Å². The standard InChI is InChI=1S/C20H26N2O3/c1-5-22(13-16-10-11-18(24-3)19(12-16)25-4)14-20(23)21-17-9-7-6-8-15(17)2/h6-12H,5,13-14H2,1-4H3,(H,21,23). The molecule has 1 N–H and O–H groups in total. The molecule has 134 valence electrons. The number of methoxy groups -OCH3 is 2. The van der Waals surface area contributed by atoms with Crippen LogP contribution in [0.3, 0.4) is 0 Å². The van der Waals surface area contributed by atoms with Crippen molar-refractivity contribution in [1.82, 2.24) is 4.90 Å². The second-order valence-corrected chi connectivity index (χ2v) is 5.86. The van der Waals surface area contributed by atoms with E-state index in [-0.39, 0.29) is 5.91 Å². The summed E-state index contributed by atoms with van der Waals surface area (Å²) >= 11 is 0. The minimum atomic E-state index is -0.0170. The Morgan fingerprint density at radius 1 is 1.08 bits per heavy atom. The number of hydrogen-bond donors (Lipinski definition) is 1. The third-order valence-electron chi connectivity index (χ3n) is 4.09. The van der Waals surface area contributed by atoms with Gasteiger partial charge in [0.15, 0.2) is 11.5 Å².